The molecule has 1 aliphatic heterocycles. The van der Waals surface area contributed by atoms with Gasteiger partial charge in [0.25, 0.3) is 0 Å². The van der Waals surface area contributed by atoms with Crippen LogP contribution in [0.4, 0.5) is 4.79 Å². The van der Waals surface area contributed by atoms with Gasteiger partial charge in [-0.25, -0.2) is 4.79 Å². The quantitative estimate of drug-likeness (QED) is 0.682. The number of urea groups is 1. The Morgan fingerprint density at radius 2 is 2.11 bits per heavy atom. The van der Waals surface area contributed by atoms with Crippen LogP contribution in [0.2, 0.25) is 0 Å². The summed E-state index contributed by atoms with van der Waals surface area (Å²) in [6.07, 6.45) is 2.30. The van der Waals surface area contributed by atoms with E-state index in [1.54, 1.807) is 19.0 Å². The highest BCUT2D eigenvalue weighted by Crippen LogP contribution is 2.14. The summed E-state index contributed by atoms with van der Waals surface area (Å²) in [5, 5.41) is 0. The van der Waals surface area contributed by atoms with Gasteiger partial charge < -0.3 is 19.3 Å². The number of amides is 2. The zero-order valence-corrected chi connectivity index (χ0v) is 11.3. The lowest BCUT2D eigenvalue weighted by Crippen LogP contribution is -2.44. The fourth-order valence-electron chi connectivity index (χ4n) is 1.91. The summed E-state index contributed by atoms with van der Waals surface area (Å²) >= 11 is 0. The van der Waals surface area contributed by atoms with E-state index in [1.807, 2.05) is 0 Å². The fourth-order valence-corrected chi connectivity index (χ4v) is 1.91. The second-order valence-corrected chi connectivity index (χ2v) is 4.58. The number of nitrogens with zero attached hydrogens (tertiary/aromatic N) is 2. The second-order valence-electron chi connectivity index (χ2n) is 4.58. The molecule has 1 atom stereocenters. The Labute approximate surface area is 108 Å². The predicted molar refractivity (Wildman–Crippen MR) is 66.3 cm³/mol. The topological polar surface area (TPSA) is 59.1 Å². The lowest BCUT2D eigenvalue weighted by molar-refractivity contribution is -0.140. The van der Waals surface area contributed by atoms with Gasteiger partial charge in [0.2, 0.25) is 0 Å². The highest BCUT2D eigenvalue weighted by Gasteiger charge is 2.23. The molecule has 0 bridgehead atoms. The molecule has 0 radical (unpaired) electrons. The van der Waals surface area contributed by atoms with Gasteiger partial charge in [0.1, 0.15) is 0 Å². The molecule has 104 valence electrons. The van der Waals surface area contributed by atoms with Crippen LogP contribution in [0.25, 0.3) is 0 Å². The number of carbonyl (C=O) groups is 2. The third-order valence-corrected chi connectivity index (χ3v) is 2.91. The molecule has 0 N–H and O–H groups in total. The summed E-state index contributed by atoms with van der Waals surface area (Å²) < 4.78 is 10.1. The minimum absolute atomic E-state index is 0.0894. The van der Waals surface area contributed by atoms with Gasteiger partial charge in [0, 0.05) is 33.8 Å². The Kier molecular flexibility index (Phi) is 5.91. The SMILES string of the molecule is COC(=O)CCN(CC1CCCO1)C(=O)N(C)C. The third-order valence-electron chi connectivity index (χ3n) is 2.91. The second kappa shape index (κ2) is 7.20. The summed E-state index contributed by atoms with van der Waals surface area (Å²) in [4.78, 5) is 26.3. The van der Waals surface area contributed by atoms with E-state index in [4.69, 9.17) is 4.74 Å². The molecule has 18 heavy (non-hydrogen) atoms. The Balaban J connectivity index is 2.50. The van der Waals surface area contributed by atoms with Crippen molar-refractivity contribution >= 4 is 12.0 Å². The maximum absolute atomic E-state index is 12.0. The molecule has 0 aromatic carbocycles. The maximum Gasteiger partial charge on any atom is 0.319 e. The first-order valence-corrected chi connectivity index (χ1v) is 6.19. The summed E-state index contributed by atoms with van der Waals surface area (Å²) in [5.41, 5.74) is 0. The smallest absolute Gasteiger partial charge is 0.319 e. The Bertz CT molecular complexity index is 288. The molecule has 1 fully saturated rings. The number of rotatable bonds is 5. The van der Waals surface area contributed by atoms with E-state index in [0.29, 0.717) is 13.1 Å². The number of ether oxygens (including phenoxy) is 2. The summed E-state index contributed by atoms with van der Waals surface area (Å²) in [6.45, 7) is 1.66. The van der Waals surface area contributed by atoms with E-state index in [-0.39, 0.29) is 24.5 Å². The van der Waals surface area contributed by atoms with Gasteiger partial charge in [-0.2, -0.15) is 0 Å². The Hall–Kier alpha value is -1.30. The minimum Gasteiger partial charge on any atom is -0.469 e. The van der Waals surface area contributed by atoms with Crippen LogP contribution in [0, 0.1) is 0 Å². The van der Waals surface area contributed by atoms with E-state index in [1.165, 1.54) is 12.0 Å². The normalized spacial score (nSPS) is 18.5. The molecule has 0 aromatic heterocycles. The van der Waals surface area contributed by atoms with Crippen LogP contribution in [-0.2, 0) is 14.3 Å². The fraction of sp³-hybridized carbons (Fsp3) is 0.833. The molecular formula is C12H22N2O4. The lowest BCUT2D eigenvalue weighted by atomic mass is 10.2. The molecule has 2 amide bonds. The van der Waals surface area contributed by atoms with Crippen molar-refractivity contribution in [3.63, 3.8) is 0 Å². The van der Waals surface area contributed by atoms with Crippen molar-refractivity contribution in [2.75, 3.05) is 40.9 Å². The predicted octanol–water partition coefficient (Wildman–Crippen LogP) is 0.712. The maximum atomic E-state index is 12.0. The molecule has 0 aromatic rings. The largest absolute Gasteiger partial charge is 0.469 e. The van der Waals surface area contributed by atoms with Crippen molar-refractivity contribution < 1.29 is 19.1 Å². The van der Waals surface area contributed by atoms with Gasteiger partial charge in [0.15, 0.2) is 0 Å². The molecular weight excluding hydrogens is 236 g/mol. The molecule has 6 nitrogen and oxygen atoms in total. The van der Waals surface area contributed by atoms with E-state index in [0.717, 1.165) is 19.4 Å². The molecule has 1 unspecified atom stereocenters. The highest BCUT2D eigenvalue weighted by molar-refractivity contribution is 5.75. The van der Waals surface area contributed by atoms with Crippen LogP contribution in [-0.4, -0.2) is 68.8 Å². The van der Waals surface area contributed by atoms with Gasteiger partial charge >= 0.3 is 12.0 Å². The number of carbonyl (C=O) groups excluding carboxylic acids is 2. The minimum atomic E-state index is -0.307. The van der Waals surface area contributed by atoms with Gasteiger partial charge in [0.05, 0.1) is 19.6 Å². The van der Waals surface area contributed by atoms with Crippen molar-refractivity contribution in [2.24, 2.45) is 0 Å². The molecule has 1 aliphatic rings. The summed E-state index contributed by atoms with van der Waals surface area (Å²) in [6, 6.07) is -0.102. The number of hydrogen-bond donors (Lipinski definition) is 0. The van der Waals surface area contributed by atoms with Gasteiger partial charge in [-0.3, -0.25) is 4.79 Å². The van der Waals surface area contributed by atoms with E-state index >= 15 is 0 Å². The highest BCUT2D eigenvalue weighted by atomic mass is 16.5. The number of esters is 1. The average molecular weight is 258 g/mol. The first-order chi connectivity index (χ1) is 8.54. The molecule has 0 aliphatic carbocycles. The van der Waals surface area contributed by atoms with E-state index in [2.05, 4.69) is 4.74 Å². The van der Waals surface area contributed by atoms with Crippen LogP contribution in [0.1, 0.15) is 19.3 Å². The zero-order valence-electron chi connectivity index (χ0n) is 11.3. The number of hydrogen-bond acceptors (Lipinski definition) is 4. The van der Waals surface area contributed by atoms with Crippen molar-refractivity contribution in [1.82, 2.24) is 9.80 Å². The van der Waals surface area contributed by atoms with E-state index in [9.17, 15) is 9.59 Å². The van der Waals surface area contributed by atoms with Crippen LogP contribution in [0.15, 0.2) is 0 Å². The Morgan fingerprint density at radius 1 is 1.39 bits per heavy atom. The Morgan fingerprint density at radius 3 is 2.61 bits per heavy atom. The van der Waals surface area contributed by atoms with Crippen LogP contribution in [0.5, 0.6) is 0 Å². The van der Waals surface area contributed by atoms with Gasteiger partial charge in [-0.1, -0.05) is 0 Å². The molecule has 6 heteroatoms. The first-order valence-electron chi connectivity index (χ1n) is 6.19. The molecule has 1 heterocycles. The van der Waals surface area contributed by atoms with Crippen LogP contribution >= 0.6 is 0 Å². The van der Waals surface area contributed by atoms with Crippen LogP contribution in [0.3, 0.4) is 0 Å². The average Bonchev–Trinajstić information content (AvgIpc) is 2.85. The zero-order chi connectivity index (χ0) is 13.5. The van der Waals surface area contributed by atoms with Crippen molar-refractivity contribution in [1.29, 1.82) is 0 Å². The van der Waals surface area contributed by atoms with Crippen LogP contribution < -0.4 is 0 Å². The lowest BCUT2D eigenvalue weighted by Gasteiger charge is -2.27. The summed E-state index contributed by atoms with van der Waals surface area (Å²) in [7, 11) is 4.74. The standard InChI is InChI=1S/C12H22N2O4/c1-13(2)12(16)14(7-6-11(15)17-3)9-10-5-4-8-18-10/h10H,4-9H2,1-3H3. The molecule has 1 rings (SSSR count). The monoisotopic (exact) mass is 258 g/mol. The van der Waals surface area contributed by atoms with Crippen molar-refractivity contribution in [2.45, 2.75) is 25.4 Å². The third kappa shape index (κ3) is 4.52. The van der Waals surface area contributed by atoms with Crippen molar-refractivity contribution in [3.8, 4) is 0 Å². The summed E-state index contributed by atoms with van der Waals surface area (Å²) in [5.74, 6) is -0.307. The molecule has 0 saturated carbocycles. The van der Waals surface area contributed by atoms with Gasteiger partial charge in [-0.15, -0.1) is 0 Å². The van der Waals surface area contributed by atoms with Crippen molar-refractivity contribution in [3.05, 3.63) is 0 Å². The number of methoxy groups -OCH3 is 1. The van der Waals surface area contributed by atoms with E-state index < -0.39 is 0 Å². The molecule has 1 saturated heterocycles. The first kappa shape index (κ1) is 14.8. The molecule has 0 spiro atoms. The van der Waals surface area contributed by atoms with Gasteiger partial charge in [-0.05, 0) is 12.8 Å².